The standard InChI is InChI=1S/C26H32N6O2/c1-17-16-31(9-10-32(17)24(33)8-11-34-2)26-23(27)13-22(25(30-26)18-6-7-18)20-5-3-4-19(12-20)21-14-28-29-15-21/h3-5,12-15,17-18H,6-11,16,27H2,1-2H3,(H,28,29)/t17-/m1/s1. The van der Waals surface area contributed by atoms with Crippen molar-refractivity contribution in [3.05, 3.63) is 48.4 Å². The number of benzene rings is 1. The lowest BCUT2D eigenvalue weighted by Crippen LogP contribution is -2.54. The molecule has 3 heterocycles. The van der Waals surface area contributed by atoms with Gasteiger partial charge in [-0.15, -0.1) is 0 Å². The Hall–Kier alpha value is -3.39. The van der Waals surface area contributed by atoms with Crippen LogP contribution in [0.15, 0.2) is 42.7 Å². The van der Waals surface area contributed by atoms with Crippen LogP contribution in [0.1, 0.15) is 37.8 Å². The summed E-state index contributed by atoms with van der Waals surface area (Å²) in [5.74, 6) is 1.45. The number of methoxy groups -OCH3 is 1. The fraction of sp³-hybridized carbons (Fsp3) is 0.423. The summed E-state index contributed by atoms with van der Waals surface area (Å²) in [5, 5.41) is 6.96. The molecule has 1 aromatic carbocycles. The third-order valence-electron chi connectivity index (χ3n) is 6.80. The zero-order valence-electron chi connectivity index (χ0n) is 19.8. The second kappa shape index (κ2) is 9.46. The van der Waals surface area contributed by atoms with Crippen molar-refractivity contribution in [1.29, 1.82) is 0 Å². The van der Waals surface area contributed by atoms with Crippen LogP contribution < -0.4 is 10.6 Å². The average molecular weight is 461 g/mol. The lowest BCUT2D eigenvalue weighted by Gasteiger charge is -2.41. The summed E-state index contributed by atoms with van der Waals surface area (Å²) in [7, 11) is 1.62. The highest BCUT2D eigenvalue weighted by Gasteiger charge is 2.32. The molecule has 3 aromatic rings. The van der Waals surface area contributed by atoms with Crippen molar-refractivity contribution in [2.45, 2.75) is 38.1 Å². The molecule has 1 amide bonds. The Kier molecular flexibility index (Phi) is 6.24. The van der Waals surface area contributed by atoms with Crippen molar-refractivity contribution in [2.75, 3.05) is 44.0 Å². The summed E-state index contributed by atoms with van der Waals surface area (Å²) in [6.07, 6.45) is 6.46. The van der Waals surface area contributed by atoms with E-state index < -0.39 is 0 Å². The third kappa shape index (κ3) is 4.50. The zero-order chi connectivity index (χ0) is 23.7. The number of carbonyl (C=O) groups excluding carboxylic acids is 1. The number of amides is 1. The molecule has 1 saturated heterocycles. The second-order valence-electron chi connectivity index (χ2n) is 9.30. The topological polar surface area (TPSA) is 100 Å². The van der Waals surface area contributed by atoms with Crippen LogP contribution in [0.3, 0.4) is 0 Å². The number of nitrogen functional groups attached to an aromatic ring is 1. The molecule has 1 aliphatic heterocycles. The van der Waals surface area contributed by atoms with E-state index in [2.05, 4.69) is 52.4 Å². The maximum absolute atomic E-state index is 12.5. The van der Waals surface area contributed by atoms with Crippen molar-refractivity contribution < 1.29 is 9.53 Å². The molecule has 8 heteroatoms. The number of ether oxygens (including phenoxy) is 1. The number of nitrogens with one attached hydrogen (secondary N) is 1. The minimum atomic E-state index is 0.0926. The lowest BCUT2D eigenvalue weighted by molar-refractivity contribution is -0.134. The third-order valence-corrected chi connectivity index (χ3v) is 6.80. The van der Waals surface area contributed by atoms with Crippen LogP contribution in [0.2, 0.25) is 0 Å². The van der Waals surface area contributed by atoms with Gasteiger partial charge in [0.25, 0.3) is 0 Å². The lowest BCUT2D eigenvalue weighted by atomic mass is 9.97. The number of nitrogens with zero attached hydrogens (tertiary/aromatic N) is 4. The predicted octanol–water partition coefficient (Wildman–Crippen LogP) is 3.67. The highest BCUT2D eigenvalue weighted by atomic mass is 16.5. The molecular formula is C26H32N6O2. The maximum atomic E-state index is 12.5. The number of H-pyrrole nitrogens is 1. The second-order valence-corrected chi connectivity index (χ2v) is 9.30. The Morgan fingerprint density at radius 3 is 2.74 bits per heavy atom. The molecule has 0 radical (unpaired) electrons. The number of pyridine rings is 1. The minimum Gasteiger partial charge on any atom is -0.396 e. The molecule has 0 unspecified atom stereocenters. The van der Waals surface area contributed by atoms with Crippen LogP contribution >= 0.6 is 0 Å². The van der Waals surface area contributed by atoms with Gasteiger partial charge in [0.15, 0.2) is 5.82 Å². The van der Waals surface area contributed by atoms with Gasteiger partial charge in [-0.1, -0.05) is 18.2 Å². The Morgan fingerprint density at radius 1 is 1.21 bits per heavy atom. The fourth-order valence-corrected chi connectivity index (χ4v) is 4.81. The van der Waals surface area contributed by atoms with Gasteiger partial charge in [0.2, 0.25) is 5.91 Å². The SMILES string of the molecule is COCCC(=O)N1CCN(c2nc(C3CC3)c(-c3cccc(-c4cn[nH]c4)c3)cc2N)C[C@H]1C. The van der Waals surface area contributed by atoms with Gasteiger partial charge < -0.3 is 20.3 Å². The summed E-state index contributed by atoms with van der Waals surface area (Å²) in [4.78, 5) is 21.8. The van der Waals surface area contributed by atoms with E-state index in [0.717, 1.165) is 59.7 Å². The number of aromatic nitrogens is 3. The van der Waals surface area contributed by atoms with Crippen LogP contribution in [0, 0.1) is 0 Å². The van der Waals surface area contributed by atoms with Crippen LogP contribution in [-0.4, -0.2) is 65.4 Å². The first-order valence-corrected chi connectivity index (χ1v) is 12.0. The number of piperazine rings is 1. The summed E-state index contributed by atoms with van der Waals surface area (Å²) < 4.78 is 5.07. The number of hydrogen-bond acceptors (Lipinski definition) is 6. The van der Waals surface area contributed by atoms with E-state index in [0.29, 0.717) is 31.2 Å². The van der Waals surface area contributed by atoms with Gasteiger partial charge in [-0.3, -0.25) is 9.89 Å². The summed E-state index contributed by atoms with van der Waals surface area (Å²) in [6, 6.07) is 10.6. The van der Waals surface area contributed by atoms with Gasteiger partial charge in [-0.2, -0.15) is 5.10 Å². The monoisotopic (exact) mass is 460 g/mol. The van der Waals surface area contributed by atoms with Crippen LogP contribution in [0.5, 0.6) is 0 Å². The highest BCUT2D eigenvalue weighted by molar-refractivity contribution is 5.80. The summed E-state index contributed by atoms with van der Waals surface area (Å²) in [5.41, 5.74) is 12.8. The Morgan fingerprint density at radius 2 is 2.03 bits per heavy atom. The van der Waals surface area contributed by atoms with Crippen LogP contribution in [-0.2, 0) is 9.53 Å². The Labute approximate surface area is 200 Å². The van der Waals surface area contributed by atoms with Crippen LogP contribution in [0.4, 0.5) is 11.5 Å². The summed E-state index contributed by atoms with van der Waals surface area (Å²) >= 11 is 0. The highest BCUT2D eigenvalue weighted by Crippen LogP contribution is 2.46. The van der Waals surface area contributed by atoms with Gasteiger partial charge in [-0.05, 0) is 43.0 Å². The van der Waals surface area contributed by atoms with Gasteiger partial charge in [0.1, 0.15) is 0 Å². The van der Waals surface area contributed by atoms with E-state index in [9.17, 15) is 4.79 Å². The molecule has 2 aliphatic rings. The van der Waals surface area contributed by atoms with Crippen molar-refractivity contribution >= 4 is 17.4 Å². The molecule has 1 saturated carbocycles. The molecular weight excluding hydrogens is 428 g/mol. The van der Waals surface area contributed by atoms with Crippen molar-refractivity contribution in [1.82, 2.24) is 20.1 Å². The van der Waals surface area contributed by atoms with Gasteiger partial charge >= 0.3 is 0 Å². The molecule has 2 aromatic heterocycles. The first-order chi connectivity index (χ1) is 16.5. The maximum Gasteiger partial charge on any atom is 0.225 e. The molecule has 0 spiro atoms. The molecule has 3 N–H and O–H groups in total. The number of rotatable bonds is 7. The average Bonchev–Trinajstić information content (AvgIpc) is 3.55. The van der Waals surface area contributed by atoms with Crippen LogP contribution in [0.25, 0.3) is 22.3 Å². The fourth-order valence-electron chi connectivity index (χ4n) is 4.81. The minimum absolute atomic E-state index is 0.0926. The Bertz CT molecular complexity index is 1160. The molecule has 178 valence electrons. The molecule has 34 heavy (non-hydrogen) atoms. The summed E-state index contributed by atoms with van der Waals surface area (Å²) in [6.45, 7) is 4.64. The normalized spacial score (nSPS) is 18.4. The van der Waals surface area contributed by atoms with Crippen molar-refractivity contribution in [2.24, 2.45) is 0 Å². The van der Waals surface area contributed by atoms with E-state index in [1.165, 1.54) is 0 Å². The first-order valence-electron chi connectivity index (χ1n) is 12.0. The van der Waals surface area contributed by atoms with Gasteiger partial charge in [-0.25, -0.2) is 4.98 Å². The largest absolute Gasteiger partial charge is 0.396 e. The van der Waals surface area contributed by atoms with E-state index in [-0.39, 0.29) is 11.9 Å². The van der Waals surface area contributed by atoms with Gasteiger partial charge in [0.05, 0.1) is 30.6 Å². The van der Waals surface area contributed by atoms with E-state index in [1.807, 2.05) is 17.3 Å². The van der Waals surface area contributed by atoms with Crippen molar-refractivity contribution in [3.63, 3.8) is 0 Å². The molecule has 1 atom stereocenters. The number of carbonyl (C=O) groups is 1. The first kappa shape index (κ1) is 22.4. The number of aromatic amines is 1. The number of hydrogen-bond donors (Lipinski definition) is 2. The molecule has 1 aliphatic carbocycles. The Balaban J connectivity index is 1.42. The van der Waals surface area contributed by atoms with Gasteiger partial charge in [0, 0.05) is 56.0 Å². The van der Waals surface area contributed by atoms with E-state index >= 15 is 0 Å². The smallest absolute Gasteiger partial charge is 0.225 e. The molecule has 5 rings (SSSR count). The van der Waals surface area contributed by atoms with Crippen molar-refractivity contribution in [3.8, 4) is 22.3 Å². The quantitative estimate of drug-likeness (QED) is 0.558. The van der Waals surface area contributed by atoms with E-state index in [1.54, 1.807) is 7.11 Å². The number of anilines is 2. The zero-order valence-corrected chi connectivity index (χ0v) is 19.8. The number of nitrogens with two attached hydrogens (primary N) is 1. The predicted molar refractivity (Wildman–Crippen MR) is 134 cm³/mol. The van der Waals surface area contributed by atoms with E-state index in [4.69, 9.17) is 15.5 Å². The molecule has 8 nitrogen and oxygen atoms in total. The molecule has 2 fully saturated rings. The molecule has 0 bridgehead atoms.